The normalized spacial score (nSPS) is 10.6. The lowest BCUT2D eigenvalue weighted by Crippen LogP contribution is -2.49. The van der Waals surface area contributed by atoms with E-state index >= 15 is 0 Å². The summed E-state index contributed by atoms with van der Waals surface area (Å²) >= 11 is 1.15. The van der Waals surface area contributed by atoms with E-state index in [4.69, 9.17) is 9.47 Å². The van der Waals surface area contributed by atoms with Crippen molar-refractivity contribution < 1.29 is 28.7 Å². The molecule has 0 aliphatic heterocycles. The van der Waals surface area contributed by atoms with Crippen molar-refractivity contribution in [2.45, 2.75) is 33.3 Å². The molecule has 0 bridgehead atoms. The maximum Gasteiger partial charge on any atom is 0.426 e. The molecule has 4 N–H and O–H groups in total. The Hall–Kier alpha value is -3.67. The van der Waals surface area contributed by atoms with Gasteiger partial charge in [-0.25, -0.2) is 30.2 Å². The molecule has 172 valence electrons. The molecule has 0 unspecified atom stereocenters. The number of rotatable bonds is 6. The number of hydrogen-bond donors (Lipinski definition) is 4. The highest BCUT2D eigenvalue weighted by Crippen LogP contribution is 2.33. The molecule has 4 amide bonds. The smallest absolute Gasteiger partial charge is 0.426 e. The van der Waals surface area contributed by atoms with Gasteiger partial charge < -0.3 is 20.1 Å². The van der Waals surface area contributed by atoms with Crippen LogP contribution in [0.15, 0.2) is 30.3 Å². The lowest BCUT2D eigenvalue weighted by Gasteiger charge is -2.19. The minimum absolute atomic E-state index is 0.0169. The van der Waals surface area contributed by atoms with Gasteiger partial charge in [-0.15, -0.1) is 0 Å². The maximum absolute atomic E-state index is 12.5. The first-order valence-corrected chi connectivity index (χ1v) is 10.4. The van der Waals surface area contributed by atoms with Gasteiger partial charge in [-0.1, -0.05) is 41.7 Å². The molecule has 0 saturated carbocycles. The van der Waals surface area contributed by atoms with Crippen molar-refractivity contribution in [2.75, 3.05) is 18.5 Å². The molecule has 0 spiro atoms. The third-order valence-corrected chi connectivity index (χ3v) is 4.46. The zero-order valence-electron chi connectivity index (χ0n) is 18.1. The highest BCUT2D eigenvalue weighted by molar-refractivity contribution is 7.19. The number of carbonyl (C=O) groups excluding carboxylic acids is 4. The number of carbonyl (C=O) groups is 4. The predicted octanol–water partition coefficient (Wildman–Crippen LogP) is 2.66. The lowest BCUT2D eigenvalue weighted by atomic mass is 10.1. The number of aromatic nitrogens is 1. The van der Waals surface area contributed by atoms with Crippen molar-refractivity contribution in [3.63, 3.8) is 0 Å². The summed E-state index contributed by atoms with van der Waals surface area (Å²) in [6, 6.07) is 8.38. The summed E-state index contributed by atoms with van der Waals surface area (Å²) < 4.78 is 10.2. The number of nitrogens with one attached hydrogen (secondary N) is 4. The molecule has 1 aromatic carbocycles. The van der Waals surface area contributed by atoms with E-state index in [1.54, 1.807) is 20.8 Å². The molecule has 0 saturated heterocycles. The molecule has 11 nitrogen and oxygen atoms in total. The van der Waals surface area contributed by atoms with Crippen LogP contribution in [0.1, 0.15) is 38.2 Å². The van der Waals surface area contributed by atoms with E-state index in [1.165, 1.54) is 6.92 Å². The number of hydrogen-bond acceptors (Lipinski definition) is 8. The van der Waals surface area contributed by atoms with Gasteiger partial charge in [0.15, 0.2) is 10.8 Å². The molecular weight excluding hydrogens is 438 g/mol. The zero-order valence-corrected chi connectivity index (χ0v) is 18.9. The standard InChI is InChI=1S/C20H25N5O6S/c1-12(26)22-18-23-14(15(32-18)13-8-6-5-7-9-13)16(27)30-11-10-21-17(28)24-25-19(29)31-20(2,3)4/h5-9H,10-11H2,1-4H3,(H,25,29)(H2,21,24,28)(H,22,23,26). The van der Waals surface area contributed by atoms with Gasteiger partial charge in [0.2, 0.25) is 5.91 Å². The summed E-state index contributed by atoms with van der Waals surface area (Å²) in [7, 11) is 0. The highest BCUT2D eigenvalue weighted by Gasteiger charge is 2.21. The van der Waals surface area contributed by atoms with Crippen LogP contribution in [-0.4, -0.2) is 47.7 Å². The van der Waals surface area contributed by atoms with Crippen molar-refractivity contribution in [3.8, 4) is 10.4 Å². The Morgan fingerprint density at radius 3 is 2.38 bits per heavy atom. The van der Waals surface area contributed by atoms with E-state index in [2.05, 4.69) is 26.5 Å². The molecule has 0 aliphatic rings. The fourth-order valence-corrected chi connectivity index (χ4v) is 3.28. The maximum atomic E-state index is 12.5. The molecule has 12 heteroatoms. The van der Waals surface area contributed by atoms with Crippen molar-refractivity contribution in [1.29, 1.82) is 0 Å². The number of anilines is 1. The van der Waals surface area contributed by atoms with Crippen LogP contribution in [0.3, 0.4) is 0 Å². The first-order chi connectivity index (χ1) is 15.0. The van der Waals surface area contributed by atoms with E-state index in [9.17, 15) is 19.2 Å². The van der Waals surface area contributed by atoms with E-state index in [0.29, 0.717) is 4.88 Å². The largest absolute Gasteiger partial charge is 0.459 e. The van der Waals surface area contributed by atoms with Gasteiger partial charge in [-0.05, 0) is 26.3 Å². The fourth-order valence-electron chi connectivity index (χ4n) is 2.28. The van der Waals surface area contributed by atoms with E-state index < -0.39 is 23.7 Å². The second-order valence-electron chi connectivity index (χ2n) is 7.39. The molecule has 0 atom stereocenters. The zero-order chi connectivity index (χ0) is 23.7. The number of esters is 1. The minimum atomic E-state index is -0.814. The first kappa shape index (κ1) is 24.6. The van der Waals surface area contributed by atoms with Gasteiger partial charge in [0, 0.05) is 6.92 Å². The quantitative estimate of drug-likeness (QED) is 0.292. The van der Waals surface area contributed by atoms with Gasteiger partial charge in [0.25, 0.3) is 0 Å². The fraction of sp³-hybridized carbons (Fsp3) is 0.350. The van der Waals surface area contributed by atoms with Crippen LogP contribution in [0.4, 0.5) is 14.7 Å². The Balaban J connectivity index is 1.87. The Morgan fingerprint density at radius 2 is 1.75 bits per heavy atom. The topological polar surface area (TPSA) is 148 Å². The number of ether oxygens (including phenoxy) is 2. The first-order valence-electron chi connectivity index (χ1n) is 9.59. The number of nitrogens with zero attached hydrogens (tertiary/aromatic N) is 1. The number of thiazole rings is 1. The van der Waals surface area contributed by atoms with Gasteiger partial charge >= 0.3 is 18.1 Å². The number of amides is 4. The molecule has 2 aromatic rings. The van der Waals surface area contributed by atoms with Crippen molar-refractivity contribution in [1.82, 2.24) is 21.2 Å². The minimum Gasteiger partial charge on any atom is -0.459 e. The van der Waals surface area contributed by atoms with E-state index in [1.807, 2.05) is 30.3 Å². The molecule has 32 heavy (non-hydrogen) atoms. The van der Waals surface area contributed by atoms with Crippen LogP contribution in [0.2, 0.25) is 0 Å². The molecule has 0 aliphatic carbocycles. The Kier molecular flexibility index (Phi) is 8.53. The van der Waals surface area contributed by atoms with Crippen LogP contribution in [0.25, 0.3) is 10.4 Å². The van der Waals surface area contributed by atoms with Gasteiger partial charge in [-0.2, -0.15) is 0 Å². The third kappa shape index (κ3) is 8.22. The van der Waals surface area contributed by atoms with E-state index in [-0.39, 0.29) is 29.9 Å². The van der Waals surface area contributed by atoms with Crippen LogP contribution >= 0.6 is 11.3 Å². The average molecular weight is 464 g/mol. The molecule has 0 radical (unpaired) electrons. The Morgan fingerprint density at radius 1 is 1.06 bits per heavy atom. The summed E-state index contributed by atoms with van der Waals surface area (Å²) in [6.07, 6.45) is -0.814. The van der Waals surface area contributed by atoms with Gasteiger partial charge in [0.05, 0.1) is 11.4 Å². The monoisotopic (exact) mass is 463 g/mol. The van der Waals surface area contributed by atoms with Crippen LogP contribution in [0, 0.1) is 0 Å². The second-order valence-corrected chi connectivity index (χ2v) is 8.39. The summed E-state index contributed by atoms with van der Waals surface area (Å²) in [5, 5.41) is 5.25. The van der Waals surface area contributed by atoms with Crippen LogP contribution in [-0.2, 0) is 14.3 Å². The van der Waals surface area contributed by atoms with Gasteiger partial charge in [0.1, 0.15) is 12.2 Å². The van der Waals surface area contributed by atoms with Crippen molar-refractivity contribution in [3.05, 3.63) is 36.0 Å². The van der Waals surface area contributed by atoms with Gasteiger partial charge in [-0.3, -0.25) is 4.79 Å². The van der Waals surface area contributed by atoms with E-state index in [0.717, 1.165) is 16.9 Å². The summed E-state index contributed by atoms with van der Waals surface area (Å²) in [5.41, 5.74) is 4.30. The molecule has 0 fully saturated rings. The SMILES string of the molecule is CC(=O)Nc1nc(C(=O)OCCNC(=O)NNC(=O)OC(C)(C)C)c(-c2ccccc2)s1. The molecule has 1 heterocycles. The van der Waals surface area contributed by atoms with Crippen LogP contribution < -0.4 is 21.5 Å². The average Bonchev–Trinajstić information content (AvgIpc) is 3.12. The Bertz CT molecular complexity index is 971. The number of benzene rings is 1. The highest BCUT2D eigenvalue weighted by atomic mass is 32.1. The summed E-state index contributed by atoms with van der Waals surface area (Å²) in [4.78, 5) is 51.8. The summed E-state index contributed by atoms with van der Waals surface area (Å²) in [5.74, 6) is -1.01. The molecule has 2 rings (SSSR count). The number of urea groups is 1. The predicted molar refractivity (Wildman–Crippen MR) is 118 cm³/mol. The second kappa shape index (κ2) is 11.1. The van der Waals surface area contributed by atoms with Crippen molar-refractivity contribution >= 4 is 40.5 Å². The summed E-state index contributed by atoms with van der Waals surface area (Å²) in [6.45, 7) is 6.25. The Labute approximate surface area is 188 Å². The number of hydrazine groups is 1. The lowest BCUT2D eigenvalue weighted by molar-refractivity contribution is -0.114. The molecule has 1 aromatic heterocycles. The van der Waals surface area contributed by atoms with Crippen molar-refractivity contribution in [2.24, 2.45) is 0 Å². The van der Waals surface area contributed by atoms with Crippen LogP contribution in [0.5, 0.6) is 0 Å². The molecular formula is C20H25N5O6S. The third-order valence-electron chi connectivity index (χ3n) is 3.44.